The summed E-state index contributed by atoms with van der Waals surface area (Å²) in [6.07, 6.45) is 0. The summed E-state index contributed by atoms with van der Waals surface area (Å²) >= 11 is 1.56. The molecule has 1 aromatic heterocycles. The zero-order valence-electron chi connectivity index (χ0n) is 12.4. The van der Waals surface area contributed by atoms with Gasteiger partial charge in [0.15, 0.2) is 0 Å². The summed E-state index contributed by atoms with van der Waals surface area (Å²) in [7, 11) is 0. The van der Waals surface area contributed by atoms with Gasteiger partial charge in [0, 0.05) is 4.88 Å². The SMILES string of the molecule is Cc1cc(C(=O)NC(c2ccccc2)C(C)C)sc1C. The van der Waals surface area contributed by atoms with Crippen molar-refractivity contribution < 1.29 is 4.79 Å². The number of benzene rings is 1. The Morgan fingerprint density at radius 2 is 1.80 bits per heavy atom. The second kappa shape index (κ2) is 6.23. The van der Waals surface area contributed by atoms with Gasteiger partial charge in [-0.05, 0) is 37.0 Å². The highest BCUT2D eigenvalue weighted by molar-refractivity contribution is 7.14. The third-order valence-corrected chi connectivity index (χ3v) is 4.65. The molecule has 1 amide bonds. The fourth-order valence-corrected chi connectivity index (χ4v) is 3.13. The van der Waals surface area contributed by atoms with Gasteiger partial charge in [0.1, 0.15) is 0 Å². The van der Waals surface area contributed by atoms with E-state index in [1.165, 1.54) is 10.4 Å². The van der Waals surface area contributed by atoms with Gasteiger partial charge in [0.05, 0.1) is 10.9 Å². The number of amides is 1. The van der Waals surface area contributed by atoms with Crippen LogP contribution >= 0.6 is 11.3 Å². The van der Waals surface area contributed by atoms with Gasteiger partial charge < -0.3 is 5.32 Å². The van der Waals surface area contributed by atoms with Crippen molar-refractivity contribution in [2.45, 2.75) is 33.7 Å². The van der Waals surface area contributed by atoms with E-state index in [4.69, 9.17) is 0 Å². The van der Waals surface area contributed by atoms with Gasteiger partial charge in [-0.1, -0.05) is 44.2 Å². The van der Waals surface area contributed by atoms with Gasteiger partial charge in [-0.15, -0.1) is 11.3 Å². The summed E-state index contributed by atoms with van der Waals surface area (Å²) in [6, 6.07) is 12.2. The molecular weight excluding hydrogens is 266 g/mol. The summed E-state index contributed by atoms with van der Waals surface area (Å²) < 4.78 is 0. The van der Waals surface area contributed by atoms with Crippen LogP contribution in [0.25, 0.3) is 0 Å². The fourth-order valence-electron chi connectivity index (χ4n) is 2.19. The number of hydrogen-bond acceptors (Lipinski definition) is 2. The molecule has 0 aliphatic rings. The van der Waals surface area contributed by atoms with Crippen molar-refractivity contribution >= 4 is 17.2 Å². The minimum absolute atomic E-state index is 0.0220. The summed E-state index contributed by atoms with van der Waals surface area (Å²) in [6.45, 7) is 8.35. The predicted molar refractivity (Wildman–Crippen MR) is 85.3 cm³/mol. The van der Waals surface area contributed by atoms with Gasteiger partial charge in [-0.2, -0.15) is 0 Å². The average Bonchev–Trinajstić information content (AvgIpc) is 2.76. The Morgan fingerprint density at radius 1 is 1.15 bits per heavy atom. The van der Waals surface area contributed by atoms with Crippen LogP contribution in [0.3, 0.4) is 0 Å². The summed E-state index contributed by atoms with van der Waals surface area (Å²) in [5, 5.41) is 3.16. The summed E-state index contributed by atoms with van der Waals surface area (Å²) in [5.41, 5.74) is 2.34. The van der Waals surface area contributed by atoms with Crippen molar-refractivity contribution in [3.8, 4) is 0 Å². The van der Waals surface area contributed by atoms with Crippen LogP contribution in [0.1, 0.15) is 45.6 Å². The molecule has 3 heteroatoms. The fraction of sp³-hybridized carbons (Fsp3) is 0.353. The molecule has 1 unspecified atom stereocenters. The first kappa shape index (κ1) is 14.8. The molecule has 0 aliphatic heterocycles. The largest absolute Gasteiger partial charge is 0.344 e. The lowest BCUT2D eigenvalue weighted by Crippen LogP contribution is -2.31. The second-order valence-electron chi connectivity index (χ2n) is 5.46. The van der Waals surface area contributed by atoms with Crippen LogP contribution in [-0.4, -0.2) is 5.91 Å². The van der Waals surface area contributed by atoms with Gasteiger partial charge in [0.2, 0.25) is 0 Å². The Labute approximate surface area is 124 Å². The maximum absolute atomic E-state index is 12.4. The van der Waals surface area contributed by atoms with E-state index in [0.717, 1.165) is 10.4 Å². The number of nitrogens with one attached hydrogen (secondary N) is 1. The molecule has 2 aromatic rings. The topological polar surface area (TPSA) is 29.1 Å². The first-order chi connectivity index (χ1) is 9.49. The Hall–Kier alpha value is -1.61. The quantitative estimate of drug-likeness (QED) is 0.882. The molecule has 0 fully saturated rings. The van der Waals surface area contributed by atoms with E-state index in [-0.39, 0.29) is 11.9 Å². The van der Waals surface area contributed by atoms with E-state index in [1.807, 2.05) is 38.1 Å². The zero-order chi connectivity index (χ0) is 14.7. The first-order valence-corrected chi connectivity index (χ1v) is 7.73. The number of carbonyl (C=O) groups is 1. The maximum Gasteiger partial charge on any atom is 0.261 e. The molecule has 0 radical (unpaired) electrons. The van der Waals surface area contributed by atoms with E-state index in [0.29, 0.717) is 5.92 Å². The van der Waals surface area contributed by atoms with Crippen molar-refractivity contribution in [1.82, 2.24) is 5.32 Å². The van der Waals surface area contributed by atoms with Crippen molar-refractivity contribution in [3.63, 3.8) is 0 Å². The third kappa shape index (κ3) is 3.28. The number of aryl methyl sites for hydroxylation is 2. The van der Waals surface area contributed by atoms with Gasteiger partial charge >= 0.3 is 0 Å². The molecule has 0 aliphatic carbocycles. The third-order valence-electron chi connectivity index (χ3n) is 3.50. The number of rotatable bonds is 4. The zero-order valence-corrected chi connectivity index (χ0v) is 13.3. The molecule has 1 aromatic carbocycles. The Bertz CT molecular complexity index is 567. The highest BCUT2D eigenvalue weighted by Crippen LogP contribution is 2.24. The smallest absolute Gasteiger partial charge is 0.261 e. The van der Waals surface area contributed by atoms with Crippen molar-refractivity contribution in [2.75, 3.05) is 0 Å². The van der Waals surface area contributed by atoms with Crippen LogP contribution in [0, 0.1) is 19.8 Å². The van der Waals surface area contributed by atoms with Crippen LogP contribution in [0.4, 0.5) is 0 Å². The molecule has 2 rings (SSSR count). The lowest BCUT2D eigenvalue weighted by Gasteiger charge is -2.22. The van der Waals surface area contributed by atoms with Gasteiger partial charge in [-0.3, -0.25) is 4.79 Å². The minimum Gasteiger partial charge on any atom is -0.344 e. The van der Waals surface area contributed by atoms with Crippen LogP contribution in [-0.2, 0) is 0 Å². The highest BCUT2D eigenvalue weighted by Gasteiger charge is 2.20. The molecule has 106 valence electrons. The lowest BCUT2D eigenvalue weighted by atomic mass is 9.96. The van der Waals surface area contributed by atoms with Crippen molar-refractivity contribution in [1.29, 1.82) is 0 Å². The normalized spacial score (nSPS) is 12.4. The molecule has 1 N–H and O–H groups in total. The average molecular weight is 287 g/mol. The second-order valence-corrected chi connectivity index (χ2v) is 6.71. The van der Waals surface area contributed by atoms with E-state index < -0.39 is 0 Å². The summed E-state index contributed by atoms with van der Waals surface area (Å²) in [5.74, 6) is 0.372. The Balaban J connectivity index is 2.19. The van der Waals surface area contributed by atoms with E-state index >= 15 is 0 Å². The van der Waals surface area contributed by atoms with Crippen molar-refractivity contribution in [3.05, 3.63) is 57.3 Å². The standard InChI is InChI=1S/C17H21NOS/c1-11(2)16(14-8-6-5-7-9-14)18-17(19)15-10-12(3)13(4)20-15/h5-11,16H,1-4H3,(H,18,19). The Kier molecular flexibility index (Phi) is 4.61. The van der Waals surface area contributed by atoms with Crippen LogP contribution < -0.4 is 5.32 Å². The lowest BCUT2D eigenvalue weighted by molar-refractivity contribution is 0.0929. The van der Waals surface area contributed by atoms with E-state index in [1.54, 1.807) is 11.3 Å². The first-order valence-electron chi connectivity index (χ1n) is 6.92. The van der Waals surface area contributed by atoms with Crippen LogP contribution in [0.15, 0.2) is 36.4 Å². The highest BCUT2D eigenvalue weighted by atomic mass is 32.1. The predicted octanol–water partition coefficient (Wildman–Crippen LogP) is 4.49. The molecule has 0 bridgehead atoms. The number of carbonyl (C=O) groups excluding carboxylic acids is 1. The molecule has 0 spiro atoms. The van der Waals surface area contributed by atoms with Gasteiger partial charge in [-0.25, -0.2) is 0 Å². The van der Waals surface area contributed by atoms with Gasteiger partial charge in [0.25, 0.3) is 5.91 Å². The van der Waals surface area contributed by atoms with E-state index in [9.17, 15) is 4.79 Å². The molecule has 0 saturated carbocycles. The molecule has 0 saturated heterocycles. The molecule has 1 heterocycles. The molecule has 2 nitrogen and oxygen atoms in total. The van der Waals surface area contributed by atoms with Crippen LogP contribution in [0.2, 0.25) is 0 Å². The van der Waals surface area contributed by atoms with Crippen LogP contribution in [0.5, 0.6) is 0 Å². The Morgan fingerprint density at radius 3 is 2.30 bits per heavy atom. The molecule has 1 atom stereocenters. The monoisotopic (exact) mass is 287 g/mol. The van der Waals surface area contributed by atoms with E-state index in [2.05, 4.69) is 31.3 Å². The summed E-state index contributed by atoms with van der Waals surface area (Å²) in [4.78, 5) is 14.4. The molecular formula is C17H21NOS. The number of thiophene rings is 1. The van der Waals surface area contributed by atoms with Crippen molar-refractivity contribution in [2.24, 2.45) is 5.92 Å². The number of hydrogen-bond donors (Lipinski definition) is 1. The maximum atomic E-state index is 12.4. The minimum atomic E-state index is 0.0220. The molecule has 20 heavy (non-hydrogen) atoms.